The van der Waals surface area contributed by atoms with Gasteiger partial charge in [0.05, 0.1) is 5.25 Å². The molecular formula is C15H20OS2. The molecule has 2 rings (SSSR count). The van der Waals surface area contributed by atoms with E-state index in [-0.39, 0.29) is 5.25 Å². The first-order valence-electron chi connectivity index (χ1n) is 6.52. The van der Waals surface area contributed by atoms with Gasteiger partial charge in [0, 0.05) is 21.8 Å². The van der Waals surface area contributed by atoms with Gasteiger partial charge in [-0.25, -0.2) is 0 Å². The van der Waals surface area contributed by atoms with Gasteiger partial charge in [0.2, 0.25) is 0 Å². The van der Waals surface area contributed by atoms with Gasteiger partial charge in [-0.1, -0.05) is 45.0 Å². The fraction of sp³-hybridized carbons (Fsp3) is 0.533. The summed E-state index contributed by atoms with van der Waals surface area (Å²) in [6.45, 7) is 6.61. The van der Waals surface area contributed by atoms with Crippen LogP contribution in [-0.4, -0.2) is 27.3 Å². The lowest BCUT2D eigenvalue weighted by atomic mass is 10.1. The van der Waals surface area contributed by atoms with E-state index in [1.807, 2.05) is 35.7 Å². The van der Waals surface area contributed by atoms with Crippen LogP contribution in [0.15, 0.2) is 24.3 Å². The smallest absolute Gasteiger partial charge is 0.176 e. The van der Waals surface area contributed by atoms with E-state index in [4.69, 9.17) is 0 Å². The molecule has 1 aliphatic heterocycles. The van der Waals surface area contributed by atoms with Crippen LogP contribution in [0.25, 0.3) is 0 Å². The van der Waals surface area contributed by atoms with E-state index in [1.54, 1.807) is 0 Å². The number of rotatable bonds is 3. The lowest BCUT2D eigenvalue weighted by molar-refractivity contribution is 0.0995. The first-order chi connectivity index (χ1) is 8.61. The van der Waals surface area contributed by atoms with Gasteiger partial charge in [-0.3, -0.25) is 4.79 Å². The van der Waals surface area contributed by atoms with Crippen molar-refractivity contribution in [2.45, 2.75) is 42.9 Å². The number of benzene rings is 1. The summed E-state index contributed by atoms with van der Waals surface area (Å²) in [5.41, 5.74) is 2.16. The molecule has 1 saturated heterocycles. The molecule has 0 saturated carbocycles. The number of carbonyl (C=O) groups excluding carboxylic acids is 1. The zero-order chi connectivity index (χ0) is 13.1. The van der Waals surface area contributed by atoms with E-state index in [0.717, 1.165) is 17.7 Å². The highest BCUT2D eigenvalue weighted by Gasteiger charge is 2.30. The minimum Gasteiger partial charge on any atom is -0.293 e. The van der Waals surface area contributed by atoms with Gasteiger partial charge in [-0.15, -0.1) is 11.8 Å². The third-order valence-electron chi connectivity index (χ3n) is 3.49. The van der Waals surface area contributed by atoms with Crippen molar-refractivity contribution in [3.63, 3.8) is 0 Å². The molecule has 0 N–H and O–H groups in total. The predicted octanol–water partition coefficient (Wildman–Crippen LogP) is 4.06. The summed E-state index contributed by atoms with van der Waals surface area (Å²) in [5.74, 6) is 1.25. The lowest BCUT2D eigenvalue weighted by Gasteiger charge is -2.30. The summed E-state index contributed by atoms with van der Waals surface area (Å²) in [4.78, 5) is 12.4. The normalized spacial score (nSPS) is 28.1. The lowest BCUT2D eigenvalue weighted by Crippen LogP contribution is -2.31. The van der Waals surface area contributed by atoms with Crippen molar-refractivity contribution in [1.82, 2.24) is 0 Å². The Balaban J connectivity index is 2.06. The Hall–Kier alpha value is -0.410. The van der Waals surface area contributed by atoms with Crippen LogP contribution in [0.1, 0.15) is 36.7 Å². The van der Waals surface area contributed by atoms with Crippen molar-refractivity contribution in [3.05, 3.63) is 35.4 Å². The quantitative estimate of drug-likeness (QED) is 0.777. The molecule has 3 atom stereocenters. The van der Waals surface area contributed by atoms with Crippen molar-refractivity contribution >= 4 is 29.3 Å². The zero-order valence-corrected chi connectivity index (χ0v) is 12.8. The minimum atomic E-state index is 0.133. The second-order valence-corrected chi connectivity index (χ2v) is 7.78. The molecule has 0 bridgehead atoms. The van der Waals surface area contributed by atoms with Gasteiger partial charge in [0.1, 0.15) is 0 Å². The second-order valence-electron chi connectivity index (χ2n) is 4.78. The maximum Gasteiger partial charge on any atom is 0.176 e. The summed E-state index contributed by atoms with van der Waals surface area (Å²) in [6, 6.07) is 8.10. The third-order valence-corrected chi connectivity index (χ3v) is 6.88. The Kier molecular flexibility index (Phi) is 4.79. The topological polar surface area (TPSA) is 17.1 Å². The summed E-state index contributed by atoms with van der Waals surface area (Å²) >= 11 is 3.76. The molecule has 1 aliphatic rings. The van der Waals surface area contributed by atoms with E-state index in [1.165, 1.54) is 5.56 Å². The van der Waals surface area contributed by atoms with E-state index in [2.05, 4.69) is 32.9 Å². The Morgan fingerprint density at radius 3 is 2.44 bits per heavy atom. The van der Waals surface area contributed by atoms with Gasteiger partial charge in [-0.2, -0.15) is 11.8 Å². The molecule has 1 aromatic rings. The van der Waals surface area contributed by atoms with Gasteiger partial charge >= 0.3 is 0 Å². The fourth-order valence-corrected chi connectivity index (χ4v) is 4.89. The molecule has 0 aliphatic carbocycles. The Morgan fingerprint density at radius 1 is 1.22 bits per heavy atom. The van der Waals surface area contributed by atoms with Crippen LogP contribution < -0.4 is 0 Å². The van der Waals surface area contributed by atoms with E-state index in [9.17, 15) is 4.79 Å². The Morgan fingerprint density at radius 2 is 1.89 bits per heavy atom. The van der Waals surface area contributed by atoms with E-state index >= 15 is 0 Å². The third kappa shape index (κ3) is 3.12. The summed E-state index contributed by atoms with van der Waals surface area (Å²) < 4.78 is 0. The number of thioether (sulfide) groups is 2. The summed E-state index contributed by atoms with van der Waals surface area (Å²) in [6.07, 6.45) is 1.02. The van der Waals surface area contributed by atoms with Crippen LogP contribution in [0.5, 0.6) is 0 Å². The number of carbonyl (C=O) groups is 1. The SMILES string of the molecule is CCc1ccc(C(=O)C2CSC(C)C(C)S2)cc1. The molecule has 0 amide bonds. The van der Waals surface area contributed by atoms with Crippen molar-refractivity contribution < 1.29 is 4.79 Å². The number of hydrogen-bond donors (Lipinski definition) is 0. The van der Waals surface area contributed by atoms with Crippen molar-refractivity contribution in [2.75, 3.05) is 5.75 Å². The molecule has 0 aromatic heterocycles. The monoisotopic (exact) mass is 280 g/mol. The molecule has 0 spiro atoms. The summed E-state index contributed by atoms with van der Waals surface area (Å²) in [7, 11) is 0. The van der Waals surface area contributed by atoms with Gasteiger partial charge in [0.15, 0.2) is 5.78 Å². The minimum absolute atomic E-state index is 0.133. The van der Waals surface area contributed by atoms with E-state index < -0.39 is 0 Å². The molecule has 1 aromatic carbocycles. The van der Waals surface area contributed by atoms with E-state index in [0.29, 0.717) is 16.3 Å². The van der Waals surface area contributed by atoms with Gasteiger partial charge < -0.3 is 0 Å². The molecule has 1 fully saturated rings. The molecule has 3 unspecified atom stereocenters. The van der Waals surface area contributed by atoms with Crippen LogP contribution in [0.3, 0.4) is 0 Å². The molecule has 0 radical (unpaired) electrons. The number of Topliss-reactive ketones (excluding diaryl/α,β-unsaturated/α-hetero) is 1. The first-order valence-corrected chi connectivity index (χ1v) is 8.51. The number of ketones is 1. The average Bonchev–Trinajstić information content (AvgIpc) is 2.41. The number of aryl methyl sites for hydroxylation is 1. The zero-order valence-electron chi connectivity index (χ0n) is 11.2. The van der Waals surface area contributed by atoms with Crippen molar-refractivity contribution in [1.29, 1.82) is 0 Å². The highest BCUT2D eigenvalue weighted by atomic mass is 32.2. The Labute approximate surface area is 118 Å². The molecule has 98 valence electrons. The highest BCUT2D eigenvalue weighted by molar-refractivity contribution is 8.08. The largest absolute Gasteiger partial charge is 0.293 e. The van der Waals surface area contributed by atoms with Crippen molar-refractivity contribution in [2.24, 2.45) is 0 Å². The molecular weight excluding hydrogens is 260 g/mol. The van der Waals surface area contributed by atoms with Crippen LogP contribution >= 0.6 is 23.5 Å². The highest BCUT2D eigenvalue weighted by Crippen LogP contribution is 2.36. The summed E-state index contributed by atoms with van der Waals surface area (Å²) in [5, 5.41) is 1.35. The number of hydrogen-bond acceptors (Lipinski definition) is 3. The average molecular weight is 280 g/mol. The molecule has 1 heterocycles. The molecule has 1 nitrogen and oxygen atoms in total. The molecule has 18 heavy (non-hydrogen) atoms. The first kappa shape index (κ1) is 14.0. The standard InChI is InChI=1S/C15H20OS2/c1-4-12-5-7-13(8-6-12)15(16)14-9-17-10(2)11(3)18-14/h5-8,10-11,14H,4,9H2,1-3H3. The van der Waals surface area contributed by atoms with Gasteiger partial charge in [0.25, 0.3) is 0 Å². The fourth-order valence-electron chi connectivity index (χ4n) is 2.01. The Bertz CT molecular complexity index is 413. The molecule has 3 heteroatoms. The van der Waals surface area contributed by atoms with Crippen LogP contribution in [0, 0.1) is 0 Å². The maximum atomic E-state index is 12.4. The maximum absolute atomic E-state index is 12.4. The van der Waals surface area contributed by atoms with Crippen LogP contribution in [0.4, 0.5) is 0 Å². The van der Waals surface area contributed by atoms with Crippen LogP contribution in [-0.2, 0) is 6.42 Å². The van der Waals surface area contributed by atoms with Crippen LogP contribution in [0.2, 0.25) is 0 Å². The second kappa shape index (κ2) is 6.16. The van der Waals surface area contributed by atoms with Crippen molar-refractivity contribution in [3.8, 4) is 0 Å². The predicted molar refractivity (Wildman–Crippen MR) is 82.9 cm³/mol. The van der Waals surface area contributed by atoms with Gasteiger partial charge in [-0.05, 0) is 12.0 Å².